The summed E-state index contributed by atoms with van der Waals surface area (Å²) >= 11 is 6.35. The van der Waals surface area contributed by atoms with Crippen molar-refractivity contribution in [1.82, 2.24) is 9.47 Å². The molecule has 5 heteroatoms. The van der Waals surface area contributed by atoms with Gasteiger partial charge in [0.15, 0.2) is 0 Å². The molecule has 0 bridgehead atoms. The topological polar surface area (TPSA) is 34.5 Å². The molecule has 0 aliphatic rings. The summed E-state index contributed by atoms with van der Waals surface area (Å²) < 4.78 is 7.40. The third kappa shape index (κ3) is 5.99. The molecule has 2 aromatic carbocycles. The first-order valence-electron chi connectivity index (χ1n) is 10.6. The van der Waals surface area contributed by atoms with Crippen molar-refractivity contribution in [3.63, 3.8) is 0 Å². The van der Waals surface area contributed by atoms with E-state index in [1.54, 1.807) is 7.11 Å². The van der Waals surface area contributed by atoms with Crippen molar-refractivity contribution < 1.29 is 9.53 Å². The normalized spacial score (nSPS) is 11.5. The van der Waals surface area contributed by atoms with Crippen LogP contribution in [0.25, 0.3) is 0 Å². The van der Waals surface area contributed by atoms with E-state index in [-0.39, 0.29) is 11.3 Å². The molecule has 0 aliphatic carbocycles. The summed E-state index contributed by atoms with van der Waals surface area (Å²) in [6.45, 7) is 8.67. The fourth-order valence-electron chi connectivity index (χ4n) is 3.50. The molecule has 1 aromatic heterocycles. The van der Waals surface area contributed by atoms with E-state index in [4.69, 9.17) is 16.3 Å². The van der Waals surface area contributed by atoms with Crippen molar-refractivity contribution in [3.8, 4) is 0 Å². The predicted octanol–water partition coefficient (Wildman–Crippen LogP) is 5.78. The molecule has 0 N–H and O–H groups in total. The number of methoxy groups -OCH3 is 1. The monoisotopic (exact) mass is 438 g/mol. The SMILES string of the molecule is COCCN(Cc1cccn1Cc1ccccc1Cl)C(=O)c1ccc(C(C)(C)C)cc1. The van der Waals surface area contributed by atoms with Crippen molar-refractivity contribution in [2.24, 2.45) is 0 Å². The number of halogens is 1. The molecule has 0 saturated heterocycles. The number of nitrogens with zero attached hydrogens (tertiary/aromatic N) is 2. The van der Waals surface area contributed by atoms with Gasteiger partial charge < -0.3 is 14.2 Å². The first-order valence-corrected chi connectivity index (χ1v) is 10.9. The van der Waals surface area contributed by atoms with Gasteiger partial charge in [0.1, 0.15) is 0 Å². The van der Waals surface area contributed by atoms with Crippen LogP contribution >= 0.6 is 11.6 Å². The van der Waals surface area contributed by atoms with E-state index in [9.17, 15) is 4.79 Å². The molecule has 31 heavy (non-hydrogen) atoms. The molecular formula is C26H31ClN2O2. The van der Waals surface area contributed by atoms with E-state index < -0.39 is 0 Å². The number of amides is 1. The third-order valence-electron chi connectivity index (χ3n) is 5.43. The average Bonchev–Trinajstić information content (AvgIpc) is 3.18. The minimum Gasteiger partial charge on any atom is -0.383 e. The maximum absolute atomic E-state index is 13.3. The lowest BCUT2D eigenvalue weighted by Crippen LogP contribution is -2.34. The maximum atomic E-state index is 13.3. The van der Waals surface area contributed by atoms with E-state index >= 15 is 0 Å². The van der Waals surface area contributed by atoms with Gasteiger partial charge in [-0.15, -0.1) is 0 Å². The highest BCUT2D eigenvalue weighted by Crippen LogP contribution is 2.23. The summed E-state index contributed by atoms with van der Waals surface area (Å²) in [4.78, 5) is 15.1. The van der Waals surface area contributed by atoms with E-state index in [1.165, 1.54) is 5.56 Å². The van der Waals surface area contributed by atoms with Gasteiger partial charge in [0, 0.05) is 42.7 Å². The van der Waals surface area contributed by atoms with Crippen molar-refractivity contribution >= 4 is 17.5 Å². The lowest BCUT2D eigenvalue weighted by Gasteiger charge is -2.24. The maximum Gasteiger partial charge on any atom is 0.254 e. The molecule has 0 saturated carbocycles. The number of rotatable bonds is 8. The Bertz CT molecular complexity index is 1000. The highest BCUT2D eigenvalue weighted by Gasteiger charge is 2.19. The molecule has 0 unspecified atom stereocenters. The molecule has 0 atom stereocenters. The van der Waals surface area contributed by atoms with Crippen LogP contribution in [0.5, 0.6) is 0 Å². The Hall–Kier alpha value is -2.56. The molecule has 3 aromatic rings. The Morgan fingerprint density at radius 2 is 1.74 bits per heavy atom. The molecular weight excluding hydrogens is 408 g/mol. The minimum absolute atomic E-state index is 0.00278. The van der Waals surface area contributed by atoms with Gasteiger partial charge >= 0.3 is 0 Å². The summed E-state index contributed by atoms with van der Waals surface area (Å²) in [5.74, 6) is 0.00278. The summed E-state index contributed by atoms with van der Waals surface area (Å²) in [5.41, 5.74) is 4.05. The number of hydrogen-bond acceptors (Lipinski definition) is 2. The number of hydrogen-bond donors (Lipinski definition) is 0. The van der Waals surface area contributed by atoms with Crippen LogP contribution < -0.4 is 0 Å². The van der Waals surface area contributed by atoms with E-state index in [2.05, 4.69) is 25.3 Å². The van der Waals surface area contributed by atoms with Crippen LogP contribution in [0.2, 0.25) is 5.02 Å². The summed E-state index contributed by atoms with van der Waals surface area (Å²) in [7, 11) is 1.65. The summed E-state index contributed by atoms with van der Waals surface area (Å²) in [5, 5.41) is 0.744. The van der Waals surface area contributed by atoms with Gasteiger partial charge in [0.05, 0.1) is 13.2 Å². The number of ether oxygens (including phenoxy) is 1. The van der Waals surface area contributed by atoms with Gasteiger partial charge in [-0.1, -0.05) is 62.7 Å². The summed E-state index contributed by atoms with van der Waals surface area (Å²) in [6.07, 6.45) is 2.02. The number of benzene rings is 2. The second kappa shape index (κ2) is 10.2. The van der Waals surface area contributed by atoms with Crippen LogP contribution in [0.4, 0.5) is 0 Å². The standard InChI is InChI=1S/C26H31ClN2O2/c1-26(2,3)22-13-11-20(12-14-22)25(30)29(16-17-31-4)19-23-9-7-15-28(23)18-21-8-5-6-10-24(21)27/h5-15H,16-19H2,1-4H3. The highest BCUT2D eigenvalue weighted by molar-refractivity contribution is 6.31. The van der Waals surface area contributed by atoms with Gasteiger partial charge in [-0.3, -0.25) is 4.79 Å². The second-order valence-corrected chi connectivity index (χ2v) is 9.17. The molecule has 4 nitrogen and oxygen atoms in total. The fourth-order valence-corrected chi connectivity index (χ4v) is 3.70. The number of carbonyl (C=O) groups is 1. The molecule has 1 amide bonds. The lowest BCUT2D eigenvalue weighted by atomic mass is 9.86. The Morgan fingerprint density at radius 1 is 1.03 bits per heavy atom. The van der Waals surface area contributed by atoms with Crippen LogP contribution in [0.15, 0.2) is 66.9 Å². The number of carbonyl (C=O) groups excluding carboxylic acids is 1. The lowest BCUT2D eigenvalue weighted by molar-refractivity contribution is 0.0676. The summed E-state index contributed by atoms with van der Waals surface area (Å²) in [6, 6.07) is 19.8. The zero-order valence-corrected chi connectivity index (χ0v) is 19.5. The van der Waals surface area contributed by atoms with Crippen LogP contribution in [-0.4, -0.2) is 35.6 Å². The van der Waals surface area contributed by atoms with Crippen molar-refractivity contribution in [2.45, 2.75) is 39.3 Å². The molecule has 1 heterocycles. The third-order valence-corrected chi connectivity index (χ3v) is 5.79. The van der Waals surface area contributed by atoms with Crippen molar-refractivity contribution in [1.29, 1.82) is 0 Å². The van der Waals surface area contributed by atoms with E-state index in [0.717, 1.165) is 16.3 Å². The quantitative estimate of drug-likeness (QED) is 0.447. The van der Waals surface area contributed by atoms with Crippen LogP contribution in [0.1, 0.15) is 48.0 Å². The van der Waals surface area contributed by atoms with Gasteiger partial charge in [-0.05, 0) is 46.9 Å². The molecule has 3 rings (SSSR count). The Kier molecular flexibility index (Phi) is 7.58. The van der Waals surface area contributed by atoms with Gasteiger partial charge in [0.2, 0.25) is 0 Å². The van der Waals surface area contributed by atoms with Crippen LogP contribution in [0.3, 0.4) is 0 Å². The van der Waals surface area contributed by atoms with Gasteiger partial charge in [0.25, 0.3) is 5.91 Å². The largest absolute Gasteiger partial charge is 0.383 e. The van der Waals surface area contributed by atoms with Gasteiger partial charge in [-0.2, -0.15) is 0 Å². The smallest absolute Gasteiger partial charge is 0.254 e. The first-order chi connectivity index (χ1) is 14.8. The molecule has 0 aliphatic heterocycles. The Morgan fingerprint density at radius 3 is 2.39 bits per heavy atom. The number of aromatic nitrogens is 1. The predicted molar refractivity (Wildman–Crippen MR) is 127 cm³/mol. The Labute approximate surface area is 190 Å². The van der Waals surface area contributed by atoms with Crippen molar-refractivity contribution in [3.05, 3.63) is 94.3 Å². The van der Waals surface area contributed by atoms with E-state index in [0.29, 0.717) is 31.8 Å². The van der Waals surface area contributed by atoms with Gasteiger partial charge in [-0.25, -0.2) is 0 Å². The zero-order chi connectivity index (χ0) is 22.4. The molecule has 0 spiro atoms. The van der Waals surface area contributed by atoms with Crippen LogP contribution in [0, 0.1) is 0 Å². The highest BCUT2D eigenvalue weighted by atomic mass is 35.5. The second-order valence-electron chi connectivity index (χ2n) is 8.77. The minimum atomic E-state index is 0.00278. The zero-order valence-electron chi connectivity index (χ0n) is 18.8. The molecule has 0 fully saturated rings. The Balaban J connectivity index is 1.80. The molecule has 164 valence electrons. The van der Waals surface area contributed by atoms with Crippen LogP contribution in [-0.2, 0) is 23.2 Å². The van der Waals surface area contributed by atoms with E-state index in [1.807, 2.05) is 71.8 Å². The first kappa shape index (κ1) is 23.1. The molecule has 0 radical (unpaired) electrons. The van der Waals surface area contributed by atoms with Crippen molar-refractivity contribution in [2.75, 3.05) is 20.3 Å². The fraction of sp³-hybridized carbons (Fsp3) is 0.346. The average molecular weight is 439 g/mol.